The number of carbonyl (C=O) groups excluding carboxylic acids is 3. The lowest BCUT2D eigenvalue weighted by atomic mass is 10.1. The molecule has 0 saturated heterocycles. The molecule has 0 bridgehead atoms. The van der Waals surface area contributed by atoms with Crippen LogP contribution in [0.1, 0.15) is 16.1 Å². The van der Waals surface area contributed by atoms with E-state index in [4.69, 9.17) is 9.15 Å². The normalized spacial score (nSPS) is 11.1. The summed E-state index contributed by atoms with van der Waals surface area (Å²) in [7, 11) is 1.54. The molecule has 0 saturated carbocycles. The van der Waals surface area contributed by atoms with Crippen LogP contribution in [0, 0.1) is 23.3 Å². The standard InChI is InChI=1S/C35H25F4N3O5S/c1-46-28-10-6-5-9-24(28)29-16-13-22(47-29)17-27(41-34(44)20-7-3-2-4-8-20)35(45)40-21-11-14-23(15-12-21)48-19-30(43)42-33-31(38)25(36)18-26(37)32(33)39/h2-18H,19H2,1H3,(H,40,45)(H,41,44)(H,42,43)/b27-17+. The first-order valence-electron chi connectivity index (χ1n) is 14.1. The summed E-state index contributed by atoms with van der Waals surface area (Å²) in [5.41, 5.74) is 0.0145. The van der Waals surface area contributed by atoms with Crippen LogP contribution in [0.2, 0.25) is 0 Å². The summed E-state index contributed by atoms with van der Waals surface area (Å²) in [6.45, 7) is 0. The van der Waals surface area contributed by atoms with E-state index >= 15 is 0 Å². The lowest BCUT2D eigenvalue weighted by Gasteiger charge is -2.12. The van der Waals surface area contributed by atoms with Gasteiger partial charge in [-0.15, -0.1) is 11.8 Å². The minimum Gasteiger partial charge on any atom is -0.496 e. The van der Waals surface area contributed by atoms with Crippen LogP contribution in [0.15, 0.2) is 112 Å². The summed E-state index contributed by atoms with van der Waals surface area (Å²) in [6.07, 6.45) is 1.38. The maximum Gasteiger partial charge on any atom is 0.272 e. The molecular formula is C35H25F4N3O5S. The highest BCUT2D eigenvalue weighted by Crippen LogP contribution is 2.31. The smallest absolute Gasteiger partial charge is 0.272 e. The number of methoxy groups -OCH3 is 1. The molecule has 1 aromatic heterocycles. The van der Waals surface area contributed by atoms with Crippen molar-refractivity contribution in [3.05, 3.63) is 137 Å². The summed E-state index contributed by atoms with van der Waals surface area (Å²) in [4.78, 5) is 39.1. The number of hydrogen-bond donors (Lipinski definition) is 3. The van der Waals surface area contributed by atoms with Crippen LogP contribution in [-0.4, -0.2) is 30.6 Å². The van der Waals surface area contributed by atoms with Gasteiger partial charge in [-0.05, 0) is 60.7 Å². The third-order valence-electron chi connectivity index (χ3n) is 6.67. The fourth-order valence-corrected chi connectivity index (χ4v) is 5.05. The van der Waals surface area contributed by atoms with Gasteiger partial charge in [0, 0.05) is 28.3 Å². The molecular weight excluding hydrogens is 650 g/mol. The highest BCUT2D eigenvalue weighted by atomic mass is 32.2. The second kappa shape index (κ2) is 15.2. The number of anilines is 2. The number of hydrogen-bond acceptors (Lipinski definition) is 6. The number of para-hydroxylation sites is 1. The summed E-state index contributed by atoms with van der Waals surface area (Å²) in [5.74, 6) is -7.83. The van der Waals surface area contributed by atoms with E-state index in [1.807, 2.05) is 23.5 Å². The molecule has 0 aliphatic heterocycles. The number of nitrogens with one attached hydrogen (secondary N) is 3. The Morgan fingerprint density at radius 3 is 2.17 bits per heavy atom. The lowest BCUT2D eigenvalue weighted by molar-refractivity contribution is -0.114. The lowest BCUT2D eigenvalue weighted by Crippen LogP contribution is -2.30. The van der Waals surface area contributed by atoms with Gasteiger partial charge in [-0.2, -0.15) is 0 Å². The second-order valence-corrected chi connectivity index (χ2v) is 11.0. The first-order chi connectivity index (χ1) is 23.1. The number of furan rings is 1. The largest absolute Gasteiger partial charge is 0.496 e. The van der Waals surface area contributed by atoms with E-state index in [9.17, 15) is 31.9 Å². The number of rotatable bonds is 11. The minimum absolute atomic E-state index is 0.0434. The quantitative estimate of drug-likeness (QED) is 0.0575. The first-order valence-corrected chi connectivity index (χ1v) is 15.1. The number of carbonyl (C=O) groups is 3. The van der Waals surface area contributed by atoms with Crippen LogP contribution in [0.4, 0.5) is 28.9 Å². The van der Waals surface area contributed by atoms with Crippen LogP contribution >= 0.6 is 11.8 Å². The van der Waals surface area contributed by atoms with Crippen LogP contribution < -0.4 is 20.7 Å². The van der Waals surface area contributed by atoms with Crippen LogP contribution in [0.5, 0.6) is 5.75 Å². The number of benzene rings is 4. The van der Waals surface area contributed by atoms with Gasteiger partial charge in [0.1, 0.15) is 28.7 Å². The van der Waals surface area contributed by atoms with E-state index in [0.717, 1.165) is 11.8 Å². The zero-order valence-electron chi connectivity index (χ0n) is 25.0. The van der Waals surface area contributed by atoms with Crippen LogP contribution in [-0.2, 0) is 9.59 Å². The molecule has 244 valence electrons. The maximum absolute atomic E-state index is 13.9. The van der Waals surface area contributed by atoms with E-state index in [0.29, 0.717) is 33.2 Å². The van der Waals surface area contributed by atoms with Crippen molar-refractivity contribution in [2.24, 2.45) is 0 Å². The molecule has 8 nitrogen and oxygen atoms in total. The Kier molecular flexibility index (Phi) is 10.6. The van der Waals surface area contributed by atoms with E-state index < -0.39 is 46.7 Å². The van der Waals surface area contributed by atoms with Crippen molar-refractivity contribution in [2.75, 3.05) is 23.5 Å². The molecule has 4 aromatic carbocycles. The molecule has 0 unspecified atom stereocenters. The Balaban J connectivity index is 1.28. The monoisotopic (exact) mass is 675 g/mol. The van der Waals surface area contributed by atoms with Crippen molar-refractivity contribution in [2.45, 2.75) is 4.90 Å². The number of amides is 3. The van der Waals surface area contributed by atoms with Crippen molar-refractivity contribution < 1.29 is 41.1 Å². The predicted molar refractivity (Wildman–Crippen MR) is 173 cm³/mol. The molecule has 0 aliphatic carbocycles. The van der Waals surface area contributed by atoms with Gasteiger partial charge in [0.25, 0.3) is 11.8 Å². The zero-order chi connectivity index (χ0) is 34.2. The fraction of sp³-hybridized carbons (Fsp3) is 0.0571. The molecule has 1 heterocycles. The Morgan fingerprint density at radius 2 is 1.48 bits per heavy atom. The van der Waals surface area contributed by atoms with Crippen molar-refractivity contribution in [1.29, 1.82) is 0 Å². The van der Waals surface area contributed by atoms with E-state index in [-0.39, 0.29) is 23.3 Å². The number of halogens is 4. The highest BCUT2D eigenvalue weighted by Gasteiger charge is 2.21. The van der Waals surface area contributed by atoms with Crippen molar-refractivity contribution in [3.8, 4) is 17.1 Å². The molecule has 48 heavy (non-hydrogen) atoms. The van der Waals surface area contributed by atoms with Crippen molar-refractivity contribution >= 4 is 46.9 Å². The zero-order valence-corrected chi connectivity index (χ0v) is 25.8. The third kappa shape index (κ3) is 8.12. The third-order valence-corrected chi connectivity index (χ3v) is 7.68. The summed E-state index contributed by atoms with van der Waals surface area (Å²) in [6, 6.07) is 25.1. The van der Waals surface area contributed by atoms with Gasteiger partial charge in [0.05, 0.1) is 18.4 Å². The second-order valence-electron chi connectivity index (χ2n) is 9.94. The fourth-order valence-electron chi connectivity index (χ4n) is 4.35. The number of ether oxygens (including phenoxy) is 1. The first kappa shape index (κ1) is 33.5. The van der Waals surface area contributed by atoms with Gasteiger partial charge < -0.3 is 25.1 Å². The topological polar surface area (TPSA) is 110 Å². The Bertz CT molecular complexity index is 1970. The van der Waals surface area contributed by atoms with E-state index in [1.165, 1.54) is 25.3 Å². The average Bonchev–Trinajstić information content (AvgIpc) is 3.57. The Morgan fingerprint density at radius 1 is 0.812 bits per heavy atom. The molecule has 13 heteroatoms. The maximum atomic E-state index is 13.9. The van der Waals surface area contributed by atoms with Crippen LogP contribution in [0.3, 0.4) is 0 Å². The van der Waals surface area contributed by atoms with E-state index in [1.54, 1.807) is 60.7 Å². The molecule has 5 aromatic rings. The Hall–Kier alpha value is -5.82. The van der Waals surface area contributed by atoms with Gasteiger partial charge in [-0.1, -0.05) is 30.3 Å². The average molecular weight is 676 g/mol. The minimum atomic E-state index is -1.72. The molecule has 0 aliphatic rings. The highest BCUT2D eigenvalue weighted by molar-refractivity contribution is 8.00. The molecule has 5 rings (SSSR count). The SMILES string of the molecule is COc1ccccc1-c1ccc(/C=C(/NC(=O)c2ccccc2)C(=O)Nc2ccc(SCC(=O)Nc3c(F)c(F)cc(F)c3F)cc2)o1. The molecule has 0 atom stereocenters. The van der Waals surface area contributed by atoms with Gasteiger partial charge in [0.15, 0.2) is 23.3 Å². The van der Waals surface area contributed by atoms with Gasteiger partial charge in [0.2, 0.25) is 5.91 Å². The summed E-state index contributed by atoms with van der Waals surface area (Å²) in [5, 5.41) is 7.17. The molecule has 0 fully saturated rings. The summed E-state index contributed by atoms with van der Waals surface area (Å²) >= 11 is 0.966. The molecule has 3 amide bonds. The van der Waals surface area contributed by atoms with Crippen LogP contribution in [0.25, 0.3) is 17.4 Å². The Labute approximate surface area is 275 Å². The molecule has 3 N–H and O–H groups in total. The predicted octanol–water partition coefficient (Wildman–Crippen LogP) is 7.65. The number of thioether (sulfide) groups is 1. The van der Waals surface area contributed by atoms with Gasteiger partial charge >= 0.3 is 0 Å². The van der Waals surface area contributed by atoms with E-state index in [2.05, 4.69) is 10.6 Å². The summed E-state index contributed by atoms with van der Waals surface area (Å²) < 4.78 is 66.0. The van der Waals surface area contributed by atoms with Crippen molar-refractivity contribution in [3.63, 3.8) is 0 Å². The molecule has 0 radical (unpaired) electrons. The van der Waals surface area contributed by atoms with Crippen molar-refractivity contribution in [1.82, 2.24) is 5.32 Å². The van der Waals surface area contributed by atoms with Gasteiger partial charge in [-0.25, -0.2) is 17.6 Å². The van der Waals surface area contributed by atoms with Gasteiger partial charge in [-0.3, -0.25) is 14.4 Å². The molecule has 0 spiro atoms.